The maximum Gasteiger partial charge on any atom is 0.375 e. The van der Waals surface area contributed by atoms with Crippen LogP contribution in [-0.4, -0.2) is 18.1 Å². The van der Waals surface area contributed by atoms with Gasteiger partial charge in [-0.25, -0.2) is 9.78 Å². The van der Waals surface area contributed by atoms with E-state index in [1.165, 1.54) is 7.11 Å². The molecule has 0 bridgehead atoms. The van der Waals surface area contributed by atoms with Crippen LogP contribution in [0.4, 0.5) is 0 Å². The van der Waals surface area contributed by atoms with Gasteiger partial charge in [-0.1, -0.05) is 13.3 Å². The molecule has 0 saturated heterocycles. The van der Waals surface area contributed by atoms with E-state index in [1.807, 2.05) is 6.92 Å². The van der Waals surface area contributed by atoms with Crippen LogP contribution in [0.2, 0.25) is 0 Å². The van der Waals surface area contributed by atoms with Gasteiger partial charge in [0.2, 0.25) is 5.76 Å². The molecule has 1 heterocycles. The summed E-state index contributed by atoms with van der Waals surface area (Å²) >= 11 is 0. The normalized spacial score (nSPS) is 10.1. The molecule has 4 nitrogen and oxygen atoms in total. The molecule has 1 aromatic heterocycles. The van der Waals surface area contributed by atoms with Crippen LogP contribution >= 0.6 is 0 Å². The molecular weight excluding hydrogens is 170 g/mol. The number of carbonyl (C=O) groups excluding carboxylic acids is 1. The molecule has 1 rings (SSSR count). The predicted octanol–water partition coefficient (Wildman–Crippen LogP) is 1.72. The number of methoxy groups -OCH3 is 1. The molecule has 13 heavy (non-hydrogen) atoms. The Hall–Kier alpha value is -1.32. The third-order valence-corrected chi connectivity index (χ3v) is 1.66. The van der Waals surface area contributed by atoms with Crippen LogP contribution in [0.1, 0.15) is 35.5 Å². The first-order chi connectivity index (χ1) is 6.19. The van der Waals surface area contributed by atoms with Crippen molar-refractivity contribution in [3.63, 3.8) is 0 Å². The monoisotopic (exact) mass is 183 g/mol. The van der Waals surface area contributed by atoms with Crippen molar-refractivity contribution in [3.8, 4) is 0 Å². The molecular formula is C9H13NO3. The number of esters is 1. The van der Waals surface area contributed by atoms with Gasteiger partial charge in [0, 0.05) is 6.92 Å². The summed E-state index contributed by atoms with van der Waals surface area (Å²) in [6.07, 6.45) is 1.66. The number of nitrogens with zero attached hydrogens (tertiary/aromatic N) is 1. The van der Waals surface area contributed by atoms with E-state index in [0.29, 0.717) is 11.6 Å². The Kier molecular flexibility index (Phi) is 3.06. The second kappa shape index (κ2) is 4.07. The lowest BCUT2D eigenvalue weighted by molar-refractivity contribution is 0.0562. The fourth-order valence-corrected chi connectivity index (χ4v) is 1.13. The zero-order valence-corrected chi connectivity index (χ0v) is 8.09. The summed E-state index contributed by atoms with van der Waals surface area (Å²) in [5, 5.41) is 0. The second-order valence-electron chi connectivity index (χ2n) is 2.75. The molecule has 0 aromatic carbocycles. The maximum atomic E-state index is 11.2. The summed E-state index contributed by atoms with van der Waals surface area (Å²) in [6, 6.07) is 0. The highest BCUT2D eigenvalue weighted by Gasteiger charge is 2.18. The lowest BCUT2D eigenvalue weighted by atomic mass is 10.2. The number of rotatable bonds is 3. The molecule has 0 aliphatic carbocycles. The van der Waals surface area contributed by atoms with Crippen LogP contribution in [0.15, 0.2) is 4.42 Å². The van der Waals surface area contributed by atoms with Crippen LogP contribution in [0.25, 0.3) is 0 Å². The average Bonchev–Trinajstić information content (AvgIpc) is 2.46. The van der Waals surface area contributed by atoms with Crippen molar-refractivity contribution in [1.29, 1.82) is 0 Å². The van der Waals surface area contributed by atoms with E-state index in [-0.39, 0.29) is 5.76 Å². The minimum Gasteiger partial charge on any atom is -0.463 e. The molecule has 0 N–H and O–H groups in total. The standard InChI is InChI=1S/C9H13NO3/c1-4-5-7-8(9(11)12-3)13-6(2)10-7/h4-5H2,1-3H3. The quantitative estimate of drug-likeness (QED) is 0.669. The fraction of sp³-hybridized carbons (Fsp3) is 0.556. The largest absolute Gasteiger partial charge is 0.463 e. The molecule has 0 radical (unpaired) electrons. The van der Waals surface area contributed by atoms with Crippen LogP contribution in [0, 0.1) is 6.92 Å². The zero-order valence-electron chi connectivity index (χ0n) is 8.09. The summed E-state index contributed by atoms with van der Waals surface area (Å²) in [6.45, 7) is 3.73. The second-order valence-corrected chi connectivity index (χ2v) is 2.75. The van der Waals surface area contributed by atoms with Crippen LogP contribution in [0.5, 0.6) is 0 Å². The van der Waals surface area contributed by atoms with Gasteiger partial charge in [-0.05, 0) is 6.42 Å². The summed E-state index contributed by atoms with van der Waals surface area (Å²) < 4.78 is 9.70. The van der Waals surface area contributed by atoms with E-state index in [2.05, 4.69) is 9.72 Å². The number of aromatic nitrogens is 1. The van der Waals surface area contributed by atoms with Crippen molar-refractivity contribution >= 4 is 5.97 Å². The third kappa shape index (κ3) is 2.08. The third-order valence-electron chi connectivity index (χ3n) is 1.66. The molecule has 0 spiro atoms. The highest BCUT2D eigenvalue weighted by molar-refractivity contribution is 5.87. The Labute approximate surface area is 76.9 Å². The highest BCUT2D eigenvalue weighted by Crippen LogP contribution is 2.13. The van der Waals surface area contributed by atoms with Gasteiger partial charge in [-0.3, -0.25) is 0 Å². The summed E-state index contributed by atoms with van der Waals surface area (Å²) in [7, 11) is 1.33. The van der Waals surface area contributed by atoms with Crippen molar-refractivity contribution < 1.29 is 13.9 Å². The van der Waals surface area contributed by atoms with Crippen molar-refractivity contribution in [2.24, 2.45) is 0 Å². The lowest BCUT2D eigenvalue weighted by Crippen LogP contribution is -2.03. The predicted molar refractivity (Wildman–Crippen MR) is 46.6 cm³/mol. The minimum atomic E-state index is -0.455. The molecule has 0 amide bonds. The van der Waals surface area contributed by atoms with E-state index in [9.17, 15) is 4.79 Å². The zero-order chi connectivity index (χ0) is 9.84. The van der Waals surface area contributed by atoms with Gasteiger partial charge in [0.15, 0.2) is 5.89 Å². The Morgan fingerprint density at radius 3 is 2.85 bits per heavy atom. The van der Waals surface area contributed by atoms with E-state index < -0.39 is 5.97 Å². The van der Waals surface area contributed by atoms with E-state index in [0.717, 1.165) is 12.8 Å². The molecule has 0 saturated carbocycles. The number of hydrogen-bond donors (Lipinski definition) is 0. The van der Waals surface area contributed by atoms with Gasteiger partial charge in [0.1, 0.15) is 0 Å². The minimum absolute atomic E-state index is 0.238. The molecule has 72 valence electrons. The first kappa shape index (κ1) is 9.77. The Morgan fingerprint density at radius 2 is 2.31 bits per heavy atom. The SMILES string of the molecule is CCCc1nc(C)oc1C(=O)OC. The number of ether oxygens (including phenoxy) is 1. The first-order valence-corrected chi connectivity index (χ1v) is 4.23. The first-order valence-electron chi connectivity index (χ1n) is 4.23. The van der Waals surface area contributed by atoms with Gasteiger partial charge >= 0.3 is 5.97 Å². The van der Waals surface area contributed by atoms with Gasteiger partial charge in [-0.15, -0.1) is 0 Å². The van der Waals surface area contributed by atoms with Gasteiger partial charge < -0.3 is 9.15 Å². The summed E-state index contributed by atoms with van der Waals surface area (Å²) in [5.74, 6) is 0.287. The molecule has 0 fully saturated rings. The van der Waals surface area contributed by atoms with Crippen LogP contribution in [-0.2, 0) is 11.2 Å². The molecule has 0 unspecified atom stereocenters. The Bertz CT molecular complexity index is 304. The number of oxazole rings is 1. The number of carbonyl (C=O) groups is 1. The maximum absolute atomic E-state index is 11.2. The molecule has 1 aromatic rings. The lowest BCUT2D eigenvalue weighted by Gasteiger charge is -1.95. The van der Waals surface area contributed by atoms with Crippen LogP contribution in [0.3, 0.4) is 0 Å². The highest BCUT2D eigenvalue weighted by atomic mass is 16.5. The van der Waals surface area contributed by atoms with Crippen molar-refractivity contribution in [2.45, 2.75) is 26.7 Å². The molecule has 0 aliphatic heterocycles. The number of hydrogen-bond acceptors (Lipinski definition) is 4. The van der Waals surface area contributed by atoms with Crippen molar-refractivity contribution in [3.05, 3.63) is 17.3 Å². The Morgan fingerprint density at radius 1 is 1.62 bits per heavy atom. The smallest absolute Gasteiger partial charge is 0.375 e. The van der Waals surface area contributed by atoms with E-state index in [1.54, 1.807) is 6.92 Å². The van der Waals surface area contributed by atoms with Crippen molar-refractivity contribution in [1.82, 2.24) is 4.98 Å². The fourth-order valence-electron chi connectivity index (χ4n) is 1.13. The average molecular weight is 183 g/mol. The molecule has 0 aliphatic rings. The topological polar surface area (TPSA) is 52.3 Å². The van der Waals surface area contributed by atoms with E-state index in [4.69, 9.17) is 4.42 Å². The number of aryl methyl sites for hydroxylation is 2. The molecule has 4 heteroatoms. The van der Waals surface area contributed by atoms with Gasteiger partial charge in [0.05, 0.1) is 12.8 Å². The van der Waals surface area contributed by atoms with Gasteiger partial charge in [0.25, 0.3) is 0 Å². The Balaban J connectivity index is 2.96. The van der Waals surface area contributed by atoms with E-state index >= 15 is 0 Å². The summed E-state index contributed by atoms with van der Waals surface area (Å²) in [5.41, 5.74) is 0.687. The van der Waals surface area contributed by atoms with Crippen molar-refractivity contribution in [2.75, 3.05) is 7.11 Å². The summed E-state index contributed by atoms with van der Waals surface area (Å²) in [4.78, 5) is 15.3. The van der Waals surface area contributed by atoms with Gasteiger partial charge in [-0.2, -0.15) is 0 Å². The molecule has 0 atom stereocenters. The van der Waals surface area contributed by atoms with Crippen LogP contribution < -0.4 is 0 Å².